The highest BCUT2D eigenvalue weighted by molar-refractivity contribution is 9.11. The van der Waals surface area contributed by atoms with Crippen molar-refractivity contribution in [2.24, 2.45) is 0 Å². The van der Waals surface area contributed by atoms with E-state index in [4.69, 9.17) is 0 Å². The summed E-state index contributed by atoms with van der Waals surface area (Å²) < 4.78 is 21.0. The Morgan fingerprint density at radius 3 is 2.21 bits per heavy atom. The van der Waals surface area contributed by atoms with Gasteiger partial charge < -0.3 is 0 Å². The lowest BCUT2D eigenvalue weighted by Crippen LogP contribution is -2.23. The van der Waals surface area contributed by atoms with Crippen molar-refractivity contribution >= 4 is 31.6 Å². The van der Waals surface area contributed by atoms with Gasteiger partial charge in [-0.3, -0.25) is 4.79 Å². The molecule has 0 spiro atoms. The fourth-order valence-electron chi connectivity index (χ4n) is 0.928. The zero-order valence-corrected chi connectivity index (χ0v) is 9.88. The summed E-state index contributed by atoms with van der Waals surface area (Å²) in [7, 11) is -3.38. The highest BCUT2D eigenvalue weighted by Crippen LogP contribution is 2.14. The molecular weight excluding hydrogens is 268 g/mol. The molecule has 0 saturated carbocycles. The smallest absolute Gasteiger partial charge is 0.191 e. The van der Waals surface area contributed by atoms with Crippen LogP contribution in [0.1, 0.15) is 10.4 Å². The zero-order chi connectivity index (χ0) is 10.8. The molecule has 0 radical (unpaired) electrons. The summed E-state index contributed by atoms with van der Waals surface area (Å²) in [5.74, 6) is -0.437. The minimum Gasteiger partial charge on any atom is -0.292 e. The molecule has 1 aromatic rings. The van der Waals surface area contributed by atoms with Crippen molar-refractivity contribution in [3.8, 4) is 0 Å². The number of carbonyl (C=O) groups excluding carboxylic acids is 1. The maximum atomic E-state index is 11.6. The molecule has 0 aliphatic carbocycles. The number of halogens is 1. The van der Waals surface area contributed by atoms with Crippen LogP contribution < -0.4 is 0 Å². The van der Waals surface area contributed by atoms with Crippen LogP contribution in [0.5, 0.6) is 0 Å². The van der Waals surface area contributed by atoms with Crippen LogP contribution in [0.4, 0.5) is 0 Å². The molecule has 14 heavy (non-hydrogen) atoms. The third-order valence-corrected chi connectivity index (χ3v) is 5.06. The topological polar surface area (TPSA) is 51.2 Å². The second-order valence-corrected chi connectivity index (χ2v) is 6.53. The molecule has 0 saturated heterocycles. The summed E-state index contributed by atoms with van der Waals surface area (Å²) in [5, 5.41) is 0. The summed E-state index contributed by atoms with van der Waals surface area (Å²) >= 11 is 2.86. The first-order valence-electron chi connectivity index (χ1n) is 3.85. The minimum atomic E-state index is -3.38. The zero-order valence-electron chi connectivity index (χ0n) is 7.48. The summed E-state index contributed by atoms with van der Waals surface area (Å²) in [6, 6.07) is 8.31. The van der Waals surface area contributed by atoms with E-state index in [1.165, 1.54) is 0 Å². The molecule has 1 aromatic carbocycles. The number of benzene rings is 1. The molecule has 3 nitrogen and oxygen atoms in total. The van der Waals surface area contributed by atoms with Crippen molar-refractivity contribution < 1.29 is 13.2 Å². The monoisotopic (exact) mass is 276 g/mol. The molecule has 0 amide bonds. The van der Waals surface area contributed by atoms with Crippen LogP contribution in [0, 0.1) is 0 Å². The van der Waals surface area contributed by atoms with Crippen LogP contribution >= 0.6 is 15.9 Å². The second-order valence-electron chi connectivity index (χ2n) is 2.88. The summed E-state index contributed by atoms with van der Waals surface area (Å²) in [6.45, 7) is 0. The van der Waals surface area contributed by atoms with Crippen LogP contribution in [0.2, 0.25) is 0 Å². The van der Waals surface area contributed by atoms with E-state index in [1.54, 1.807) is 30.3 Å². The minimum absolute atomic E-state index is 0.389. The van der Waals surface area contributed by atoms with E-state index in [0.29, 0.717) is 5.56 Å². The van der Waals surface area contributed by atoms with Gasteiger partial charge in [0.1, 0.15) is 0 Å². The lowest BCUT2D eigenvalue weighted by atomic mass is 10.2. The molecule has 5 heteroatoms. The van der Waals surface area contributed by atoms with Crippen molar-refractivity contribution in [1.29, 1.82) is 0 Å². The Morgan fingerprint density at radius 1 is 1.29 bits per heavy atom. The predicted octanol–water partition coefficient (Wildman–Crippen LogP) is 1.63. The number of hydrogen-bond donors (Lipinski definition) is 0. The summed E-state index contributed by atoms with van der Waals surface area (Å²) in [5.41, 5.74) is 0.389. The molecule has 0 fully saturated rings. The van der Waals surface area contributed by atoms with E-state index in [2.05, 4.69) is 15.9 Å². The Labute approximate surface area is 91.2 Å². The first-order valence-corrected chi connectivity index (χ1v) is 6.72. The molecule has 0 N–H and O–H groups in total. The van der Waals surface area contributed by atoms with Crippen LogP contribution in [-0.2, 0) is 9.84 Å². The van der Waals surface area contributed by atoms with Crippen LogP contribution in [0.15, 0.2) is 30.3 Å². The van der Waals surface area contributed by atoms with Crippen molar-refractivity contribution in [2.75, 3.05) is 6.26 Å². The number of ketones is 1. The first-order chi connectivity index (χ1) is 6.43. The summed E-state index contributed by atoms with van der Waals surface area (Å²) in [4.78, 5) is 11.6. The standard InChI is InChI=1S/C9H9BrO3S/c1-14(12,13)9(10)8(11)7-5-3-2-4-6-7/h2-6,9H,1H3/t9-/m1/s1. The number of sulfone groups is 1. The van der Waals surface area contributed by atoms with E-state index in [9.17, 15) is 13.2 Å². The largest absolute Gasteiger partial charge is 0.292 e. The maximum Gasteiger partial charge on any atom is 0.191 e. The Bertz CT molecular complexity index is 425. The van der Waals surface area contributed by atoms with Crippen LogP contribution in [0.3, 0.4) is 0 Å². The highest BCUT2D eigenvalue weighted by Gasteiger charge is 2.26. The van der Waals surface area contributed by atoms with E-state index >= 15 is 0 Å². The van der Waals surface area contributed by atoms with Crippen molar-refractivity contribution in [1.82, 2.24) is 0 Å². The predicted molar refractivity (Wildman–Crippen MR) is 58.3 cm³/mol. The number of Topliss-reactive ketones (excluding diaryl/α,β-unsaturated/α-hetero) is 1. The van der Waals surface area contributed by atoms with Gasteiger partial charge in [0, 0.05) is 11.8 Å². The van der Waals surface area contributed by atoms with E-state index in [0.717, 1.165) is 6.26 Å². The molecule has 76 valence electrons. The van der Waals surface area contributed by atoms with Gasteiger partial charge in [0.2, 0.25) is 0 Å². The molecule has 0 unspecified atom stereocenters. The average Bonchev–Trinajstić information content (AvgIpc) is 2.15. The quantitative estimate of drug-likeness (QED) is 0.623. The molecule has 0 bridgehead atoms. The molecular formula is C9H9BrO3S. The normalized spacial score (nSPS) is 13.6. The fraction of sp³-hybridized carbons (Fsp3) is 0.222. The van der Waals surface area contributed by atoms with Crippen molar-refractivity contribution in [3.63, 3.8) is 0 Å². The van der Waals surface area contributed by atoms with E-state index in [-0.39, 0.29) is 0 Å². The molecule has 1 atom stereocenters. The lowest BCUT2D eigenvalue weighted by molar-refractivity contribution is 0.101. The third-order valence-electron chi connectivity index (χ3n) is 1.64. The maximum absolute atomic E-state index is 11.6. The van der Waals surface area contributed by atoms with Crippen LogP contribution in [-0.4, -0.2) is 24.6 Å². The molecule has 1 rings (SSSR count). The SMILES string of the molecule is CS(=O)(=O)[C@@H](Br)C(=O)c1ccccc1. The van der Waals surface area contributed by atoms with Crippen molar-refractivity contribution in [2.45, 2.75) is 4.16 Å². The van der Waals surface area contributed by atoms with E-state index < -0.39 is 19.8 Å². The number of alkyl halides is 1. The van der Waals surface area contributed by atoms with Gasteiger partial charge in [0.15, 0.2) is 19.8 Å². The number of rotatable bonds is 3. The van der Waals surface area contributed by atoms with Gasteiger partial charge in [0.05, 0.1) is 0 Å². The van der Waals surface area contributed by atoms with Gasteiger partial charge in [0.25, 0.3) is 0 Å². The third kappa shape index (κ3) is 2.65. The van der Waals surface area contributed by atoms with Crippen molar-refractivity contribution in [3.05, 3.63) is 35.9 Å². The Morgan fingerprint density at radius 2 is 1.79 bits per heavy atom. The van der Waals surface area contributed by atoms with Gasteiger partial charge in [-0.05, 0) is 0 Å². The molecule has 0 heterocycles. The first kappa shape index (κ1) is 11.4. The molecule has 0 aromatic heterocycles. The fourth-order valence-corrected chi connectivity index (χ4v) is 1.72. The van der Waals surface area contributed by atoms with Gasteiger partial charge in [-0.15, -0.1) is 0 Å². The van der Waals surface area contributed by atoms with Crippen LogP contribution in [0.25, 0.3) is 0 Å². The lowest BCUT2D eigenvalue weighted by Gasteiger charge is -2.05. The number of hydrogen-bond acceptors (Lipinski definition) is 3. The van der Waals surface area contributed by atoms with Gasteiger partial charge in [-0.25, -0.2) is 8.42 Å². The average molecular weight is 277 g/mol. The number of carbonyl (C=O) groups is 1. The second kappa shape index (κ2) is 4.23. The Hall–Kier alpha value is -0.680. The van der Waals surface area contributed by atoms with Gasteiger partial charge in [-0.2, -0.15) is 0 Å². The molecule has 0 aliphatic rings. The Kier molecular flexibility index (Phi) is 3.44. The Balaban J connectivity index is 2.99. The summed E-state index contributed by atoms with van der Waals surface area (Å²) in [6.07, 6.45) is 1.02. The van der Waals surface area contributed by atoms with Gasteiger partial charge in [-0.1, -0.05) is 46.3 Å². The molecule has 0 aliphatic heterocycles. The highest BCUT2D eigenvalue weighted by atomic mass is 79.9. The van der Waals surface area contributed by atoms with E-state index in [1.807, 2.05) is 0 Å². The van der Waals surface area contributed by atoms with Gasteiger partial charge >= 0.3 is 0 Å².